The van der Waals surface area contributed by atoms with Crippen LogP contribution in [0.2, 0.25) is 0 Å². The number of nitrogens with one attached hydrogen (secondary N) is 1. The lowest BCUT2D eigenvalue weighted by atomic mass is 10.0. The van der Waals surface area contributed by atoms with Gasteiger partial charge in [-0.3, -0.25) is 4.79 Å². The molecule has 0 radical (unpaired) electrons. The second-order valence-corrected chi connectivity index (χ2v) is 4.53. The first kappa shape index (κ1) is 14.5. The standard InChI is InChI=1S/C14H21NO3/c1-3-14(2,11-16)15-13(17)9-10-18-12-7-5-4-6-8-12/h4-8,16H,3,9-11H2,1-2H3,(H,15,17). The van der Waals surface area contributed by atoms with Crippen LogP contribution in [0, 0.1) is 0 Å². The zero-order chi connectivity index (χ0) is 13.4. The Bertz CT molecular complexity index is 361. The van der Waals surface area contributed by atoms with Gasteiger partial charge in [-0.05, 0) is 25.5 Å². The van der Waals surface area contributed by atoms with Gasteiger partial charge in [0.2, 0.25) is 5.91 Å². The molecule has 0 spiro atoms. The molecule has 0 heterocycles. The molecule has 1 aromatic rings. The van der Waals surface area contributed by atoms with Crippen LogP contribution in [0.25, 0.3) is 0 Å². The van der Waals surface area contributed by atoms with Gasteiger partial charge in [0, 0.05) is 0 Å². The van der Waals surface area contributed by atoms with Gasteiger partial charge in [0.25, 0.3) is 0 Å². The maximum absolute atomic E-state index is 11.7. The van der Waals surface area contributed by atoms with E-state index in [1.807, 2.05) is 44.2 Å². The molecule has 0 saturated carbocycles. The molecule has 1 rings (SSSR count). The molecule has 0 bridgehead atoms. The van der Waals surface area contributed by atoms with E-state index in [0.29, 0.717) is 13.0 Å². The second-order valence-electron chi connectivity index (χ2n) is 4.53. The van der Waals surface area contributed by atoms with Crippen LogP contribution < -0.4 is 10.1 Å². The van der Waals surface area contributed by atoms with Crippen molar-refractivity contribution in [3.8, 4) is 5.75 Å². The van der Waals surface area contributed by atoms with Crippen LogP contribution in [0.15, 0.2) is 30.3 Å². The number of hydrogen-bond donors (Lipinski definition) is 2. The van der Waals surface area contributed by atoms with Crippen molar-refractivity contribution >= 4 is 5.91 Å². The molecule has 0 aliphatic carbocycles. The van der Waals surface area contributed by atoms with Crippen molar-refractivity contribution in [3.05, 3.63) is 30.3 Å². The molecule has 1 unspecified atom stereocenters. The van der Waals surface area contributed by atoms with Gasteiger partial charge >= 0.3 is 0 Å². The molecule has 0 aromatic heterocycles. The number of carbonyl (C=O) groups excluding carboxylic acids is 1. The van der Waals surface area contributed by atoms with Gasteiger partial charge in [-0.15, -0.1) is 0 Å². The average molecular weight is 251 g/mol. The fraction of sp³-hybridized carbons (Fsp3) is 0.500. The lowest BCUT2D eigenvalue weighted by Crippen LogP contribution is -2.48. The zero-order valence-corrected chi connectivity index (χ0v) is 11.0. The van der Waals surface area contributed by atoms with Gasteiger partial charge in [0.15, 0.2) is 0 Å². The normalized spacial score (nSPS) is 13.7. The summed E-state index contributed by atoms with van der Waals surface area (Å²) in [5.74, 6) is 0.648. The van der Waals surface area contributed by atoms with Crippen LogP contribution in [0.1, 0.15) is 26.7 Å². The minimum Gasteiger partial charge on any atom is -0.493 e. The number of aliphatic hydroxyl groups is 1. The Morgan fingerprint density at radius 3 is 2.61 bits per heavy atom. The fourth-order valence-electron chi connectivity index (χ4n) is 1.42. The highest BCUT2D eigenvalue weighted by atomic mass is 16.5. The van der Waals surface area contributed by atoms with Crippen LogP contribution in [-0.2, 0) is 4.79 Å². The smallest absolute Gasteiger partial charge is 0.223 e. The third-order valence-corrected chi connectivity index (χ3v) is 2.91. The van der Waals surface area contributed by atoms with Gasteiger partial charge in [0.1, 0.15) is 5.75 Å². The van der Waals surface area contributed by atoms with Crippen LogP contribution >= 0.6 is 0 Å². The third kappa shape index (κ3) is 4.75. The highest BCUT2D eigenvalue weighted by molar-refractivity contribution is 5.76. The third-order valence-electron chi connectivity index (χ3n) is 2.91. The second kappa shape index (κ2) is 7.01. The Kier molecular flexibility index (Phi) is 5.65. The van der Waals surface area contributed by atoms with Crippen molar-refractivity contribution in [1.29, 1.82) is 0 Å². The predicted molar refractivity (Wildman–Crippen MR) is 70.5 cm³/mol. The van der Waals surface area contributed by atoms with E-state index in [9.17, 15) is 9.90 Å². The number of benzene rings is 1. The van der Waals surface area contributed by atoms with E-state index < -0.39 is 5.54 Å². The molecule has 18 heavy (non-hydrogen) atoms. The molecule has 4 nitrogen and oxygen atoms in total. The highest BCUT2D eigenvalue weighted by Crippen LogP contribution is 2.10. The maximum Gasteiger partial charge on any atom is 0.223 e. The summed E-state index contributed by atoms with van der Waals surface area (Å²) in [5.41, 5.74) is -0.538. The molecule has 100 valence electrons. The van der Waals surface area contributed by atoms with Gasteiger partial charge in [0.05, 0.1) is 25.2 Å². The summed E-state index contributed by atoms with van der Waals surface area (Å²) in [6.45, 7) is 4.02. The van der Waals surface area contributed by atoms with E-state index in [4.69, 9.17) is 4.74 Å². The largest absolute Gasteiger partial charge is 0.493 e. The van der Waals surface area contributed by atoms with Gasteiger partial charge < -0.3 is 15.2 Å². The van der Waals surface area contributed by atoms with Crippen molar-refractivity contribution in [1.82, 2.24) is 5.32 Å². The topological polar surface area (TPSA) is 58.6 Å². The van der Waals surface area contributed by atoms with E-state index in [1.54, 1.807) is 0 Å². The fourth-order valence-corrected chi connectivity index (χ4v) is 1.42. The van der Waals surface area contributed by atoms with Crippen molar-refractivity contribution in [2.45, 2.75) is 32.2 Å². The average Bonchev–Trinajstić information content (AvgIpc) is 2.40. The SMILES string of the molecule is CCC(C)(CO)NC(=O)CCOc1ccccc1. The van der Waals surface area contributed by atoms with Crippen molar-refractivity contribution < 1.29 is 14.6 Å². The number of hydrogen-bond acceptors (Lipinski definition) is 3. The molecule has 4 heteroatoms. The summed E-state index contributed by atoms with van der Waals surface area (Å²) in [6, 6.07) is 9.38. The summed E-state index contributed by atoms with van der Waals surface area (Å²) in [5, 5.41) is 12.0. The number of ether oxygens (including phenoxy) is 1. The van der Waals surface area contributed by atoms with Gasteiger partial charge in [-0.2, -0.15) is 0 Å². The molecule has 0 saturated heterocycles. The molecule has 1 aromatic carbocycles. The van der Waals surface area contributed by atoms with Gasteiger partial charge in [-0.25, -0.2) is 0 Å². The van der Waals surface area contributed by atoms with Crippen LogP contribution in [0.4, 0.5) is 0 Å². The monoisotopic (exact) mass is 251 g/mol. The molecule has 1 atom stereocenters. The minimum atomic E-state index is -0.538. The Balaban J connectivity index is 2.30. The van der Waals surface area contributed by atoms with Crippen LogP contribution in [0.5, 0.6) is 5.75 Å². The summed E-state index contributed by atoms with van der Waals surface area (Å²) in [4.78, 5) is 11.7. The summed E-state index contributed by atoms with van der Waals surface area (Å²) >= 11 is 0. The summed E-state index contributed by atoms with van der Waals surface area (Å²) in [6.07, 6.45) is 0.971. The van der Waals surface area contributed by atoms with Gasteiger partial charge in [-0.1, -0.05) is 25.1 Å². The Morgan fingerprint density at radius 2 is 2.06 bits per heavy atom. The van der Waals surface area contributed by atoms with E-state index in [0.717, 1.165) is 5.75 Å². The minimum absolute atomic E-state index is 0.0607. The molecule has 2 N–H and O–H groups in total. The first-order valence-electron chi connectivity index (χ1n) is 6.19. The Labute approximate surface area is 108 Å². The van der Waals surface area contributed by atoms with Crippen LogP contribution in [-0.4, -0.2) is 29.8 Å². The quantitative estimate of drug-likeness (QED) is 0.776. The lowest BCUT2D eigenvalue weighted by molar-refractivity contribution is -0.123. The lowest BCUT2D eigenvalue weighted by Gasteiger charge is -2.27. The zero-order valence-electron chi connectivity index (χ0n) is 11.0. The van der Waals surface area contributed by atoms with E-state index in [-0.39, 0.29) is 18.9 Å². The molecule has 0 aliphatic rings. The first-order chi connectivity index (χ1) is 8.59. The van der Waals surface area contributed by atoms with E-state index in [2.05, 4.69) is 5.32 Å². The number of para-hydroxylation sites is 1. The molecular weight excluding hydrogens is 230 g/mol. The highest BCUT2D eigenvalue weighted by Gasteiger charge is 2.22. The first-order valence-corrected chi connectivity index (χ1v) is 6.19. The maximum atomic E-state index is 11.7. The van der Waals surface area contributed by atoms with E-state index >= 15 is 0 Å². The van der Waals surface area contributed by atoms with E-state index in [1.165, 1.54) is 0 Å². The Morgan fingerprint density at radius 1 is 1.39 bits per heavy atom. The summed E-state index contributed by atoms with van der Waals surface area (Å²) in [7, 11) is 0. The summed E-state index contributed by atoms with van der Waals surface area (Å²) < 4.78 is 5.44. The predicted octanol–water partition coefficient (Wildman–Crippen LogP) is 1.73. The number of carbonyl (C=O) groups is 1. The van der Waals surface area contributed by atoms with Crippen molar-refractivity contribution in [2.75, 3.05) is 13.2 Å². The number of rotatable bonds is 7. The van der Waals surface area contributed by atoms with Crippen molar-refractivity contribution in [3.63, 3.8) is 0 Å². The molecular formula is C14H21NO3. The number of aliphatic hydroxyl groups excluding tert-OH is 1. The molecule has 0 aliphatic heterocycles. The molecule has 0 fully saturated rings. The van der Waals surface area contributed by atoms with Crippen molar-refractivity contribution in [2.24, 2.45) is 0 Å². The number of amides is 1. The van der Waals surface area contributed by atoms with Crippen LogP contribution in [0.3, 0.4) is 0 Å². The Hall–Kier alpha value is -1.55. The molecule has 1 amide bonds.